The highest BCUT2D eigenvalue weighted by molar-refractivity contribution is 6.04. The fourth-order valence-electron chi connectivity index (χ4n) is 2.43. The van der Waals surface area contributed by atoms with E-state index < -0.39 is 17.6 Å². The van der Waals surface area contributed by atoms with Crippen molar-refractivity contribution < 1.29 is 18.0 Å². The monoisotopic (exact) mass is 356 g/mol. The Morgan fingerprint density at radius 2 is 1.62 bits per heavy atom. The van der Waals surface area contributed by atoms with E-state index in [9.17, 15) is 18.0 Å². The predicted molar refractivity (Wildman–Crippen MR) is 93.8 cm³/mol. The van der Waals surface area contributed by atoms with Gasteiger partial charge < -0.3 is 5.32 Å². The Kier molecular flexibility index (Phi) is 4.75. The first-order valence-corrected chi connectivity index (χ1v) is 7.84. The van der Waals surface area contributed by atoms with Crippen LogP contribution in [0.1, 0.15) is 21.5 Å². The summed E-state index contributed by atoms with van der Waals surface area (Å²) < 4.78 is 37.7. The lowest BCUT2D eigenvalue weighted by atomic mass is 10.1. The summed E-state index contributed by atoms with van der Waals surface area (Å²) in [6.07, 6.45) is -2.68. The summed E-state index contributed by atoms with van der Waals surface area (Å²) in [7, 11) is 0. The fraction of sp³-hybridized carbons (Fsp3) is 0.100. The number of aryl methyl sites for hydroxylation is 1. The molecule has 26 heavy (non-hydrogen) atoms. The molecule has 6 heteroatoms. The Hall–Kier alpha value is -3.15. The van der Waals surface area contributed by atoms with Crippen LogP contribution in [-0.2, 0) is 6.18 Å². The van der Waals surface area contributed by atoms with Crippen molar-refractivity contribution in [2.75, 3.05) is 5.32 Å². The van der Waals surface area contributed by atoms with Crippen LogP contribution in [0.4, 0.5) is 18.9 Å². The van der Waals surface area contributed by atoms with Crippen LogP contribution in [0, 0.1) is 6.92 Å². The molecule has 0 radical (unpaired) electrons. The molecule has 3 nitrogen and oxygen atoms in total. The molecule has 0 unspecified atom stereocenters. The van der Waals surface area contributed by atoms with Crippen LogP contribution < -0.4 is 5.32 Å². The van der Waals surface area contributed by atoms with Crippen molar-refractivity contribution in [3.8, 4) is 11.3 Å². The van der Waals surface area contributed by atoms with E-state index in [1.165, 1.54) is 12.1 Å². The van der Waals surface area contributed by atoms with E-state index in [1.54, 1.807) is 30.5 Å². The van der Waals surface area contributed by atoms with Gasteiger partial charge in [-0.3, -0.25) is 9.78 Å². The zero-order valence-electron chi connectivity index (χ0n) is 13.8. The lowest BCUT2D eigenvalue weighted by molar-refractivity contribution is -0.137. The van der Waals surface area contributed by atoms with Gasteiger partial charge in [-0.1, -0.05) is 12.1 Å². The molecule has 1 aromatic heterocycles. The Balaban J connectivity index is 1.72. The number of hydrogen-bond acceptors (Lipinski definition) is 2. The van der Waals surface area contributed by atoms with E-state index in [-0.39, 0.29) is 0 Å². The SMILES string of the molecule is Cc1ccnc(-c2ccc(C(=O)Nc3ccc(C(F)(F)F)cc3)cc2)c1. The maximum absolute atomic E-state index is 12.6. The average Bonchev–Trinajstić information content (AvgIpc) is 2.61. The van der Waals surface area contributed by atoms with Crippen LogP contribution in [0.5, 0.6) is 0 Å². The Morgan fingerprint density at radius 3 is 2.19 bits per heavy atom. The van der Waals surface area contributed by atoms with E-state index in [0.29, 0.717) is 11.3 Å². The second-order valence-electron chi connectivity index (χ2n) is 5.83. The van der Waals surface area contributed by atoms with Crippen molar-refractivity contribution in [1.29, 1.82) is 0 Å². The highest BCUT2D eigenvalue weighted by Gasteiger charge is 2.29. The lowest BCUT2D eigenvalue weighted by Crippen LogP contribution is -2.12. The summed E-state index contributed by atoms with van der Waals surface area (Å²) in [4.78, 5) is 16.5. The summed E-state index contributed by atoms with van der Waals surface area (Å²) in [5, 5.41) is 2.58. The number of carbonyl (C=O) groups is 1. The molecule has 132 valence electrons. The third kappa shape index (κ3) is 4.08. The summed E-state index contributed by atoms with van der Waals surface area (Å²) in [5.74, 6) is -0.395. The fourth-order valence-corrected chi connectivity index (χ4v) is 2.43. The molecule has 1 N–H and O–H groups in total. The molecule has 0 bridgehead atoms. The van der Waals surface area contributed by atoms with Crippen LogP contribution in [-0.4, -0.2) is 10.9 Å². The van der Waals surface area contributed by atoms with Gasteiger partial charge in [-0.05, 0) is 61.0 Å². The van der Waals surface area contributed by atoms with Crippen molar-refractivity contribution >= 4 is 11.6 Å². The molecule has 0 aliphatic carbocycles. The molecule has 0 saturated heterocycles. The maximum atomic E-state index is 12.6. The molecule has 0 spiro atoms. The normalized spacial score (nSPS) is 11.2. The van der Waals surface area contributed by atoms with E-state index >= 15 is 0 Å². The average molecular weight is 356 g/mol. The van der Waals surface area contributed by atoms with Gasteiger partial charge in [0, 0.05) is 23.0 Å². The molecule has 0 aliphatic rings. The molecule has 0 fully saturated rings. The number of nitrogens with one attached hydrogen (secondary N) is 1. The number of pyridine rings is 1. The van der Waals surface area contributed by atoms with E-state index in [0.717, 1.165) is 29.0 Å². The van der Waals surface area contributed by atoms with Crippen molar-refractivity contribution in [1.82, 2.24) is 4.98 Å². The molecule has 1 amide bonds. The lowest BCUT2D eigenvalue weighted by Gasteiger charge is -2.09. The number of hydrogen-bond donors (Lipinski definition) is 1. The van der Waals surface area contributed by atoms with Crippen LogP contribution in [0.15, 0.2) is 66.9 Å². The maximum Gasteiger partial charge on any atom is 0.416 e. The first-order chi connectivity index (χ1) is 12.3. The molecule has 3 rings (SSSR count). The molecular weight excluding hydrogens is 341 g/mol. The van der Waals surface area contributed by atoms with Gasteiger partial charge in [-0.15, -0.1) is 0 Å². The topological polar surface area (TPSA) is 42.0 Å². The zero-order chi connectivity index (χ0) is 18.7. The summed E-state index contributed by atoms with van der Waals surface area (Å²) in [5.41, 5.74) is 2.71. The van der Waals surface area contributed by atoms with Crippen LogP contribution in [0.25, 0.3) is 11.3 Å². The smallest absolute Gasteiger partial charge is 0.322 e. The number of benzene rings is 2. The standard InChI is InChI=1S/C20H15F3N2O/c1-13-10-11-24-18(12-13)14-2-4-15(5-3-14)19(26)25-17-8-6-16(7-9-17)20(21,22)23/h2-12H,1H3,(H,25,26). The van der Waals surface area contributed by atoms with E-state index in [2.05, 4.69) is 10.3 Å². The third-order valence-electron chi connectivity index (χ3n) is 3.83. The van der Waals surface area contributed by atoms with E-state index in [4.69, 9.17) is 0 Å². The van der Waals surface area contributed by atoms with Gasteiger partial charge in [0.2, 0.25) is 0 Å². The van der Waals surface area contributed by atoms with Gasteiger partial charge >= 0.3 is 6.18 Å². The minimum Gasteiger partial charge on any atom is -0.322 e. The molecule has 0 atom stereocenters. The molecule has 2 aromatic carbocycles. The highest BCUT2D eigenvalue weighted by Crippen LogP contribution is 2.30. The first kappa shape index (κ1) is 17.7. The number of rotatable bonds is 3. The number of carbonyl (C=O) groups excluding carboxylic acids is 1. The third-order valence-corrected chi connectivity index (χ3v) is 3.83. The largest absolute Gasteiger partial charge is 0.416 e. The van der Waals surface area contributed by atoms with Gasteiger partial charge in [0.1, 0.15) is 0 Å². The van der Waals surface area contributed by atoms with Crippen molar-refractivity contribution in [3.05, 3.63) is 83.6 Å². The minimum atomic E-state index is -4.40. The summed E-state index contributed by atoms with van der Waals surface area (Å²) >= 11 is 0. The van der Waals surface area contributed by atoms with Crippen molar-refractivity contribution in [3.63, 3.8) is 0 Å². The van der Waals surface area contributed by atoms with Gasteiger partial charge in [-0.25, -0.2) is 0 Å². The second-order valence-corrected chi connectivity index (χ2v) is 5.83. The van der Waals surface area contributed by atoms with Gasteiger partial charge in [0.25, 0.3) is 5.91 Å². The van der Waals surface area contributed by atoms with E-state index in [1.807, 2.05) is 19.1 Å². The molecule has 3 aromatic rings. The number of alkyl halides is 3. The van der Waals surface area contributed by atoms with Gasteiger partial charge in [-0.2, -0.15) is 13.2 Å². The number of amides is 1. The molecule has 1 heterocycles. The Labute approximate surface area is 148 Å². The molecular formula is C20H15F3N2O. The number of aromatic nitrogens is 1. The quantitative estimate of drug-likeness (QED) is 0.689. The summed E-state index contributed by atoms with van der Waals surface area (Å²) in [6.45, 7) is 1.97. The number of anilines is 1. The predicted octanol–water partition coefficient (Wildman–Crippen LogP) is 5.33. The van der Waals surface area contributed by atoms with Gasteiger partial charge in [0.05, 0.1) is 11.3 Å². The van der Waals surface area contributed by atoms with Crippen molar-refractivity contribution in [2.24, 2.45) is 0 Å². The number of nitrogens with zero attached hydrogens (tertiary/aromatic N) is 1. The highest BCUT2D eigenvalue weighted by atomic mass is 19.4. The molecule has 0 saturated carbocycles. The Bertz CT molecular complexity index is 917. The number of halogens is 3. The molecule has 0 aliphatic heterocycles. The van der Waals surface area contributed by atoms with Crippen LogP contribution >= 0.6 is 0 Å². The minimum absolute atomic E-state index is 0.299. The van der Waals surface area contributed by atoms with Crippen LogP contribution in [0.3, 0.4) is 0 Å². The second kappa shape index (κ2) is 7.00. The van der Waals surface area contributed by atoms with Gasteiger partial charge in [0.15, 0.2) is 0 Å². The first-order valence-electron chi connectivity index (χ1n) is 7.84. The Morgan fingerprint density at radius 1 is 0.962 bits per heavy atom. The summed E-state index contributed by atoms with van der Waals surface area (Å²) in [6, 6.07) is 15.0. The van der Waals surface area contributed by atoms with Crippen LogP contribution in [0.2, 0.25) is 0 Å². The zero-order valence-corrected chi connectivity index (χ0v) is 13.8. The van der Waals surface area contributed by atoms with Crippen molar-refractivity contribution in [2.45, 2.75) is 13.1 Å².